The van der Waals surface area contributed by atoms with Gasteiger partial charge in [-0.05, 0) is 31.4 Å². The Balaban J connectivity index is 1.83. The van der Waals surface area contributed by atoms with Crippen molar-refractivity contribution >= 4 is 12.1 Å². The average Bonchev–Trinajstić information content (AvgIpc) is 2.73. The number of carbonyl (C=O) groups is 2. The lowest BCUT2D eigenvalue weighted by Crippen LogP contribution is -2.48. The maximum Gasteiger partial charge on any atom is 0.413 e. The molecule has 1 aromatic rings. The van der Waals surface area contributed by atoms with E-state index in [0.29, 0.717) is 44.2 Å². The van der Waals surface area contributed by atoms with Gasteiger partial charge in [0.15, 0.2) is 11.5 Å². The predicted octanol–water partition coefficient (Wildman–Crippen LogP) is 3.87. The zero-order valence-corrected chi connectivity index (χ0v) is 19.2. The molecule has 31 heavy (non-hydrogen) atoms. The van der Waals surface area contributed by atoms with Crippen LogP contribution in [0.1, 0.15) is 41.0 Å². The number of benzene rings is 1. The van der Waals surface area contributed by atoms with E-state index in [1.54, 1.807) is 6.92 Å². The van der Waals surface area contributed by atoms with Crippen LogP contribution in [0.4, 0.5) is 4.79 Å². The SMILES string of the molecule is CCOc1ccccc1OCC1CN(C(=O)OC(C)OC(=O)C(CC)C(C)C)CCO1. The topological polar surface area (TPSA) is 83.5 Å². The second-order valence-corrected chi connectivity index (χ2v) is 7.78. The molecule has 1 amide bonds. The highest BCUT2D eigenvalue weighted by Crippen LogP contribution is 2.27. The summed E-state index contributed by atoms with van der Waals surface area (Å²) in [7, 11) is 0. The van der Waals surface area contributed by atoms with Gasteiger partial charge in [-0.3, -0.25) is 4.79 Å². The van der Waals surface area contributed by atoms with Crippen LogP contribution in [0.5, 0.6) is 11.5 Å². The zero-order chi connectivity index (χ0) is 22.8. The fraction of sp³-hybridized carbons (Fsp3) is 0.652. The minimum atomic E-state index is -0.955. The Morgan fingerprint density at radius 3 is 2.39 bits per heavy atom. The third-order valence-corrected chi connectivity index (χ3v) is 5.07. The number of rotatable bonds is 10. The van der Waals surface area contributed by atoms with Gasteiger partial charge in [0.1, 0.15) is 12.7 Å². The molecular formula is C23H35NO7. The summed E-state index contributed by atoms with van der Waals surface area (Å²) in [6.07, 6.45) is -1.13. The second kappa shape index (κ2) is 12.4. The van der Waals surface area contributed by atoms with Crippen LogP contribution in [0.3, 0.4) is 0 Å². The molecule has 0 aromatic heterocycles. The zero-order valence-electron chi connectivity index (χ0n) is 19.2. The number of esters is 1. The minimum Gasteiger partial charge on any atom is -0.490 e. The van der Waals surface area contributed by atoms with Crippen molar-refractivity contribution in [2.24, 2.45) is 11.8 Å². The summed E-state index contributed by atoms with van der Waals surface area (Å²) in [5, 5.41) is 0. The summed E-state index contributed by atoms with van der Waals surface area (Å²) in [4.78, 5) is 26.3. The molecule has 3 unspecified atom stereocenters. The quantitative estimate of drug-likeness (QED) is 0.406. The third-order valence-electron chi connectivity index (χ3n) is 5.07. The number of nitrogens with zero attached hydrogens (tertiary/aromatic N) is 1. The van der Waals surface area contributed by atoms with Gasteiger partial charge in [-0.15, -0.1) is 0 Å². The van der Waals surface area contributed by atoms with Crippen molar-refractivity contribution in [3.63, 3.8) is 0 Å². The van der Waals surface area contributed by atoms with Crippen LogP contribution in [0, 0.1) is 11.8 Å². The molecule has 174 valence electrons. The summed E-state index contributed by atoms with van der Waals surface area (Å²) >= 11 is 0. The Hall–Kier alpha value is -2.48. The Bertz CT molecular complexity index is 709. The third kappa shape index (κ3) is 7.61. The van der Waals surface area contributed by atoms with Crippen molar-refractivity contribution < 1.29 is 33.3 Å². The Morgan fingerprint density at radius 2 is 1.77 bits per heavy atom. The van der Waals surface area contributed by atoms with Crippen LogP contribution < -0.4 is 9.47 Å². The normalized spacial score (nSPS) is 18.3. The van der Waals surface area contributed by atoms with Crippen molar-refractivity contribution in [1.82, 2.24) is 4.90 Å². The fourth-order valence-corrected chi connectivity index (χ4v) is 3.41. The van der Waals surface area contributed by atoms with E-state index in [0.717, 1.165) is 0 Å². The Labute approximate surface area is 184 Å². The largest absolute Gasteiger partial charge is 0.490 e. The van der Waals surface area contributed by atoms with Gasteiger partial charge in [0.05, 0.1) is 25.7 Å². The first-order valence-corrected chi connectivity index (χ1v) is 11.0. The molecule has 1 saturated heterocycles. The van der Waals surface area contributed by atoms with Gasteiger partial charge in [0.2, 0.25) is 6.29 Å². The second-order valence-electron chi connectivity index (χ2n) is 7.78. The van der Waals surface area contributed by atoms with Crippen molar-refractivity contribution in [2.45, 2.75) is 53.4 Å². The van der Waals surface area contributed by atoms with Crippen molar-refractivity contribution in [3.8, 4) is 11.5 Å². The van der Waals surface area contributed by atoms with Gasteiger partial charge in [-0.25, -0.2) is 4.79 Å². The molecule has 1 aromatic carbocycles. The molecule has 1 aliphatic rings. The first kappa shape index (κ1) is 24.8. The van der Waals surface area contributed by atoms with Gasteiger partial charge in [0.25, 0.3) is 0 Å². The van der Waals surface area contributed by atoms with Crippen molar-refractivity contribution in [3.05, 3.63) is 24.3 Å². The van der Waals surface area contributed by atoms with Crippen molar-refractivity contribution in [1.29, 1.82) is 0 Å². The number of hydrogen-bond acceptors (Lipinski definition) is 7. The summed E-state index contributed by atoms with van der Waals surface area (Å²) in [5.74, 6) is 0.890. The van der Waals surface area contributed by atoms with Crippen LogP contribution in [-0.2, 0) is 19.0 Å². The van der Waals surface area contributed by atoms with E-state index in [1.807, 2.05) is 52.0 Å². The highest BCUT2D eigenvalue weighted by Gasteiger charge is 2.29. The monoisotopic (exact) mass is 437 g/mol. The average molecular weight is 438 g/mol. The van der Waals surface area contributed by atoms with E-state index in [2.05, 4.69) is 0 Å². The molecule has 8 heteroatoms. The molecular weight excluding hydrogens is 402 g/mol. The number of hydrogen-bond donors (Lipinski definition) is 0. The van der Waals surface area contributed by atoms with E-state index in [-0.39, 0.29) is 30.5 Å². The molecule has 1 heterocycles. The maximum absolute atomic E-state index is 12.5. The van der Waals surface area contributed by atoms with Gasteiger partial charge >= 0.3 is 12.1 Å². The lowest BCUT2D eigenvalue weighted by Gasteiger charge is -2.33. The molecule has 2 rings (SSSR count). The number of ether oxygens (including phenoxy) is 5. The number of para-hydroxylation sites is 2. The minimum absolute atomic E-state index is 0.160. The predicted molar refractivity (Wildman–Crippen MR) is 115 cm³/mol. The summed E-state index contributed by atoms with van der Waals surface area (Å²) < 4.78 is 27.8. The van der Waals surface area contributed by atoms with E-state index >= 15 is 0 Å². The molecule has 3 atom stereocenters. The molecule has 0 radical (unpaired) electrons. The maximum atomic E-state index is 12.5. The highest BCUT2D eigenvalue weighted by molar-refractivity contribution is 5.73. The van der Waals surface area contributed by atoms with Crippen LogP contribution >= 0.6 is 0 Å². The molecule has 0 bridgehead atoms. The summed E-state index contributed by atoms with van der Waals surface area (Å²) in [6, 6.07) is 7.42. The lowest BCUT2D eigenvalue weighted by atomic mass is 9.93. The molecule has 0 saturated carbocycles. The van der Waals surface area contributed by atoms with Gasteiger partial charge in [-0.1, -0.05) is 32.9 Å². The standard InChI is InChI=1S/C23H35NO7/c1-6-19(16(3)4)22(25)30-17(5)31-23(26)24-12-13-28-18(14-24)15-29-21-11-9-8-10-20(21)27-7-2/h8-11,16-19H,6-7,12-15H2,1-5H3. The van der Waals surface area contributed by atoms with Crippen LogP contribution in [0.25, 0.3) is 0 Å². The smallest absolute Gasteiger partial charge is 0.413 e. The molecule has 1 fully saturated rings. The number of morpholine rings is 1. The number of amides is 1. The van der Waals surface area contributed by atoms with Gasteiger partial charge < -0.3 is 28.6 Å². The molecule has 8 nitrogen and oxygen atoms in total. The highest BCUT2D eigenvalue weighted by atomic mass is 16.7. The van der Waals surface area contributed by atoms with Crippen LogP contribution in [-0.4, -0.2) is 62.3 Å². The van der Waals surface area contributed by atoms with Gasteiger partial charge in [-0.2, -0.15) is 0 Å². The molecule has 0 N–H and O–H groups in total. The molecule has 1 aliphatic heterocycles. The lowest BCUT2D eigenvalue weighted by molar-refractivity contribution is -0.173. The van der Waals surface area contributed by atoms with Crippen molar-refractivity contribution in [2.75, 3.05) is 32.9 Å². The van der Waals surface area contributed by atoms with Crippen LogP contribution in [0.2, 0.25) is 0 Å². The fourth-order valence-electron chi connectivity index (χ4n) is 3.41. The van der Waals surface area contributed by atoms with Gasteiger partial charge in [0, 0.05) is 13.5 Å². The molecule has 0 spiro atoms. The summed E-state index contributed by atoms with van der Waals surface area (Å²) in [6.45, 7) is 11.2. The van der Waals surface area contributed by atoms with E-state index in [1.165, 1.54) is 4.90 Å². The summed E-state index contributed by atoms with van der Waals surface area (Å²) in [5.41, 5.74) is 0. The first-order valence-electron chi connectivity index (χ1n) is 11.0. The molecule has 0 aliphatic carbocycles. The Morgan fingerprint density at radius 1 is 1.10 bits per heavy atom. The first-order chi connectivity index (χ1) is 14.8. The number of carbonyl (C=O) groups excluding carboxylic acids is 2. The Kier molecular flexibility index (Phi) is 9.91. The van der Waals surface area contributed by atoms with E-state index in [9.17, 15) is 9.59 Å². The van der Waals surface area contributed by atoms with E-state index in [4.69, 9.17) is 23.7 Å². The van der Waals surface area contributed by atoms with Crippen LogP contribution in [0.15, 0.2) is 24.3 Å². The van der Waals surface area contributed by atoms with E-state index < -0.39 is 12.4 Å².